The molecule has 25 heavy (non-hydrogen) atoms. The van der Waals surface area contributed by atoms with Crippen LogP contribution >= 0.6 is 0 Å². The second-order valence-corrected chi connectivity index (χ2v) is 5.72. The van der Waals surface area contributed by atoms with E-state index in [1.54, 1.807) is 6.20 Å². The zero-order chi connectivity index (χ0) is 17.1. The largest absolute Gasteiger partial charge is 0.394 e. The SMILES string of the molecule is OCC(Nc1ncnc2[nH]ncc12)c1ccc(-c2ccccc2)cc1. The van der Waals surface area contributed by atoms with Crippen LogP contribution in [0.2, 0.25) is 0 Å². The van der Waals surface area contributed by atoms with Crippen molar-refractivity contribution in [3.8, 4) is 11.1 Å². The summed E-state index contributed by atoms with van der Waals surface area (Å²) < 4.78 is 0. The summed E-state index contributed by atoms with van der Waals surface area (Å²) >= 11 is 0. The Labute approximate surface area is 144 Å². The quantitative estimate of drug-likeness (QED) is 0.523. The minimum atomic E-state index is -0.266. The fourth-order valence-corrected chi connectivity index (χ4v) is 2.82. The van der Waals surface area contributed by atoms with Crippen LogP contribution in [0.25, 0.3) is 22.2 Å². The monoisotopic (exact) mass is 331 g/mol. The van der Waals surface area contributed by atoms with Crippen LogP contribution in [-0.4, -0.2) is 31.9 Å². The van der Waals surface area contributed by atoms with E-state index < -0.39 is 0 Å². The Kier molecular flexibility index (Phi) is 4.10. The van der Waals surface area contributed by atoms with Crippen molar-refractivity contribution in [1.82, 2.24) is 20.2 Å². The van der Waals surface area contributed by atoms with Crippen molar-refractivity contribution in [3.05, 3.63) is 72.7 Å². The van der Waals surface area contributed by atoms with Gasteiger partial charge in [-0.2, -0.15) is 5.10 Å². The Morgan fingerprint density at radius 1 is 0.960 bits per heavy atom. The fraction of sp³-hybridized carbons (Fsp3) is 0.105. The number of aromatic amines is 1. The molecule has 0 saturated heterocycles. The number of benzene rings is 2. The molecular formula is C19H17N5O. The molecule has 1 atom stereocenters. The standard InChI is InChI=1S/C19H17N5O/c25-11-17(23-18-16-10-22-24-19(16)21-12-20-18)15-8-6-14(7-9-15)13-4-2-1-3-5-13/h1-10,12,17,25H,11H2,(H2,20,21,22,23,24). The maximum atomic E-state index is 9.82. The maximum absolute atomic E-state index is 9.82. The first-order valence-electron chi connectivity index (χ1n) is 8.02. The van der Waals surface area contributed by atoms with Crippen LogP contribution in [0.15, 0.2) is 67.1 Å². The lowest BCUT2D eigenvalue weighted by Crippen LogP contribution is -2.15. The number of H-pyrrole nitrogens is 1. The van der Waals surface area contributed by atoms with E-state index in [1.165, 1.54) is 11.9 Å². The van der Waals surface area contributed by atoms with Crippen molar-refractivity contribution in [2.45, 2.75) is 6.04 Å². The van der Waals surface area contributed by atoms with Gasteiger partial charge < -0.3 is 10.4 Å². The van der Waals surface area contributed by atoms with Gasteiger partial charge in [0, 0.05) is 0 Å². The van der Waals surface area contributed by atoms with Crippen molar-refractivity contribution in [1.29, 1.82) is 0 Å². The Bertz CT molecular complexity index is 966. The first-order valence-corrected chi connectivity index (χ1v) is 8.02. The lowest BCUT2D eigenvalue weighted by atomic mass is 10.0. The summed E-state index contributed by atoms with van der Waals surface area (Å²) in [4.78, 5) is 8.39. The van der Waals surface area contributed by atoms with Crippen molar-refractivity contribution in [2.24, 2.45) is 0 Å². The molecule has 0 aliphatic heterocycles. The van der Waals surface area contributed by atoms with E-state index in [0.717, 1.165) is 16.5 Å². The first kappa shape index (κ1) is 15.3. The topological polar surface area (TPSA) is 86.7 Å². The molecule has 6 heteroatoms. The molecule has 0 radical (unpaired) electrons. The van der Waals surface area contributed by atoms with Gasteiger partial charge in [-0.15, -0.1) is 0 Å². The van der Waals surface area contributed by atoms with Gasteiger partial charge in [-0.25, -0.2) is 9.97 Å². The molecule has 2 aromatic carbocycles. The van der Waals surface area contributed by atoms with Crippen molar-refractivity contribution in [2.75, 3.05) is 11.9 Å². The molecule has 4 rings (SSSR count). The normalized spacial score (nSPS) is 12.2. The van der Waals surface area contributed by atoms with E-state index in [2.05, 4.69) is 49.7 Å². The zero-order valence-electron chi connectivity index (χ0n) is 13.4. The molecule has 1 unspecified atom stereocenters. The Morgan fingerprint density at radius 3 is 2.48 bits per heavy atom. The molecule has 0 amide bonds. The van der Waals surface area contributed by atoms with E-state index in [1.807, 2.05) is 30.3 Å². The summed E-state index contributed by atoms with van der Waals surface area (Å²) in [6.45, 7) is -0.0476. The minimum absolute atomic E-state index is 0.0476. The van der Waals surface area contributed by atoms with Crippen molar-refractivity contribution < 1.29 is 5.11 Å². The first-order chi connectivity index (χ1) is 12.3. The van der Waals surface area contributed by atoms with E-state index >= 15 is 0 Å². The van der Waals surface area contributed by atoms with Gasteiger partial charge in [-0.3, -0.25) is 5.10 Å². The number of aliphatic hydroxyl groups excluding tert-OH is 1. The van der Waals surface area contributed by atoms with Gasteiger partial charge in [-0.05, 0) is 16.7 Å². The van der Waals surface area contributed by atoms with E-state index in [-0.39, 0.29) is 12.6 Å². The second-order valence-electron chi connectivity index (χ2n) is 5.72. The molecule has 4 aromatic rings. The lowest BCUT2D eigenvalue weighted by molar-refractivity contribution is 0.276. The average molecular weight is 331 g/mol. The maximum Gasteiger partial charge on any atom is 0.160 e. The van der Waals surface area contributed by atoms with Gasteiger partial charge in [0.05, 0.1) is 24.2 Å². The van der Waals surface area contributed by atoms with Crippen LogP contribution in [0.1, 0.15) is 11.6 Å². The van der Waals surface area contributed by atoms with Gasteiger partial charge in [-0.1, -0.05) is 54.6 Å². The molecular weight excluding hydrogens is 314 g/mol. The molecule has 124 valence electrons. The van der Waals surface area contributed by atoms with Crippen molar-refractivity contribution >= 4 is 16.9 Å². The Balaban J connectivity index is 1.60. The number of anilines is 1. The number of nitrogens with one attached hydrogen (secondary N) is 2. The van der Waals surface area contributed by atoms with Crippen LogP contribution in [0.3, 0.4) is 0 Å². The molecule has 0 aliphatic rings. The summed E-state index contributed by atoms with van der Waals surface area (Å²) in [6, 6.07) is 18.1. The summed E-state index contributed by atoms with van der Waals surface area (Å²) in [6.07, 6.45) is 3.14. The number of hydrogen-bond acceptors (Lipinski definition) is 5. The van der Waals surface area contributed by atoms with E-state index in [0.29, 0.717) is 11.5 Å². The number of aromatic nitrogens is 4. The highest BCUT2D eigenvalue weighted by Gasteiger charge is 2.14. The third-order valence-electron chi connectivity index (χ3n) is 4.16. The van der Waals surface area contributed by atoms with Gasteiger partial charge in [0.25, 0.3) is 0 Å². The summed E-state index contributed by atoms with van der Waals surface area (Å²) in [5, 5.41) is 20.7. The van der Waals surface area contributed by atoms with Crippen LogP contribution < -0.4 is 5.32 Å². The molecule has 0 fully saturated rings. The highest BCUT2D eigenvalue weighted by Crippen LogP contribution is 2.25. The van der Waals surface area contributed by atoms with Gasteiger partial charge in [0.2, 0.25) is 0 Å². The van der Waals surface area contributed by atoms with Gasteiger partial charge in [0.1, 0.15) is 12.1 Å². The van der Waals surface area contributed by atoms with Gasteiger partial charge in [0.15, 0.2) is 5.65 Å². The highest BCUT2D eigenvalue weighted by atomic mass is 16.3. The second kappa shape index (κ2) is 6.70. The minimum Gasteiger partial charge on any atom is -0.394 e. The molecule has 0 aliphatic carbocycles. The zero-order valence-corrected chi connectivity index (χ0v) is 13.4. The fourth-order valence-electron chi connectivity index (χ4n) is 2.82. The molecule has 2 aromatic heterocycles. The smallest absolute Gasteiger partial charge is 0.160 e. The Hall–Kier alpha value is -3.25. The van der Waals surface area contributed by atoms with Crippen LogP contribution in [-0.2, 0) is 0 Å². The van der Waals surface area contributed by atoms with Gasteiger partial charge >= 0.3 is 0 Å². The predicted octanol–water partition coefficient (Wildman–Crippen LogP) is 3.17. The average Bonchev–Trinajstić information content (AvgIpc) is 3.17. The highest BCUT2D eigenvalue weighted by molar-refractivity contribution is 5.85. The number of fused-ring (bicyclic) bond motifs is 1. The lowest BCUT2D eigenvalue weighted by Gasteiger charge is -2.18. The van der Waals surface area contributed by atoms with E-state index in [9.17, 15) is 5.11 Å². The molecule has 3 N–H and O–H groups in total. The summed E-state index contributed by atoms with van der Waals surface area (Å²) in [5.41, 5.74) is 3.95. The van der Waals surface area contributed by atoms with Crippen LogP contribution in [0, 0.1) is 0 Å². The predicted molar refractivity (Wildman–Crippen MR) is 97.0 cm³/mol. The molecule has 0 spiro atoms. The van der Waals surface area contributed by atoms with Crippen molar-refractivity contribution in [3.63, 3.8) is 0 Å². The number of rotatable bonds is 5. The number of hydrogen-bond donors (Lipinski definition) is 3. The molecule has 0 bridgehead atoms. The third kappa shape index (κ3) is 3.07. The summed E-state index contributed by atoms with van der Waals surface area (Å²) in [7, 11) is 0. The third-order valence-corrected chi connectivity index (χ3v) is 4.16. The van der Waals surface area contributed by atoms with Crippen LogP contribution in [0.5, 0.6) is 0 Å². The molecule has 6 nitrogen and oxygen atoms in total. The van der Waals surface area contributed by atoms with Crippen LogP contribution in [0.4, 0.5) is 5.82 Å². The molecule has 2 heterocycles. The van der Waals surface area contributed by atoms with E-state index in [4.69, 9.17) is 0 Å². The number of nitrogens with zero attached hydrogens (tertiary/aromatic N) is 3. The number of aliphatic hydroxyl groups is 1. The molecule has 0 saturated carbocycles. The summed E-state index contributed by atoms with van der Waals surface area (Å²) in [5.74, 6) is 0.643. The Morgan fingerprint density at radius 2 is 1.72 bits per heavy atom.